The lowest BCUT2D eigenvalue weighted by Gasteiger charge is -1.97. The van der Waals surface area contributed by atoms with Crippen LogP contribution in [0, 0.1) is 0 Å². The molecule has 0 fully saturated rings. The molecular weight excluding hydrogens is 257 g/mol. The molecule has 0 spiro atoms. The van der Waals surface area contributed by atoms with Crippen molar-refractivity contribution in [2.24, 2.45) is 7.05 Å². The van der Waals surface area contributed by atoms with Gasteiger partial charge in [-0.15, -0.1) is 11.6 Å². The van der Waals surface area contributed by atoms with Gasteiger partial charge in [0.15, 0.2) is 4.73 Å². The van der Waals surface area contributed by atoms with E-state index in [9.17, 15) is 4.79 Å². The first kappa shape index (κ1) is 10.5. The van der Waals surface area contributed by atoms with Crippen LogP contribution in [0.5, 0.6) is 0 Å². The number of hydrogen-bond acceptors (Lipinski definition) is 2. The Bertz CT molecular complexity index is 293. The van der Waals surface area contributed by atoms with Crippen molar-refractivity contribution in [3.05, 3.63) is 16.6 Å². The van der Waals surface area contributed by atoms with Gasteiger partial charge >= 0.3 is 0 Å². The molecule has 0 aliphatic heterocycles. The fourth-order valence-electron chi connectivity index (χ4n) is 0.805. The number of nitrogens with one attached hydrogen (secondary N) is 1. The van der Waals surface area contributed by atoms with Gasteiger partial charge in [-0.1, -0.05) is 0 Å². The van der Waals surface area contributed by atoms with E-state index in [0.29, 0.717) is 22.9 Å². The van der Waals surface area contributed by atoms with Gasteiger partial charge in [0.1, 0.15) is 5.69 Å². The molecule has 0 atom stereocenters. The van der Waals surface area contributed by atoms with E-state index in [-0.39, 0.29) is 5.91 Å². The zero-order chi connectivity index (χ0) is 9.84. The maximum absolute atomic E-state index is 11.3. The molecule has 0 saturated heterocycles. The summed E-state index contributed by atoms with van der Waals surface area (Å²) >= 11 is 8.62. The van der Waals surface area contributed by atoms with Crippen LogP contribution in [0.4, 0.5) is 0 Å². The highest BCUT2D eigenvalue weighted by atomic mass is 79.9. The predicted octanol–water partition coefficient (Wildman–Crippen LogP) is 1.15. The van der Waals surface area contributed by atoms with E-state index >= 15 is 0 Å². The Hall–Kier alpha value is -0.550. The van der Waals surface area contributed by atoms with E-state index in [1.165, 1.54) is 0 Å². The van der Waals surface area contributed by atoms with Crippen LogP contribution < -0.4 is 5.32 Å². The van der Waals surface area contributed by atoms with Gasteiger partial charge in [0.2, 0.25) is 0 Å². The number of aromatic nitrogens is 2. The molecule has 1 heterocycles. The van der Waals surface area contributed by atoms with Crippen molar-refractivity contribution in [1.82, 2.24) is 14.9 Å². The lowest BCUT2D eigenvalue weighted by atomic mass is 10.4. The average molecular weight is 267 g/mol. The van der Waals surface area contributed by atoms with Crippen LogP contribution in [0.3, 0.4) is 0 Å². The number of aryl methyl sites for hydroxylation is 1. The molecular formula is C7H9BrClN3O. The van der Waals surface area contributed by atoms with Crippen LogP contribution >= 0.6 is 27.5 Å². The number of imidazole rings is 1. The SMILES string of the molecule is Cn1cc(C(=O)NCCCl)nc1Br. The summed E-state index contributed by atoms with van der Waals surface area (Å²) in [6, 6.07) is 0. The molecule has 0 aliphatic rings. The number of hydrogen-bond donors (Lipinski definition) is 1. The zero-order valence-electron chi connectivity index (χ0n) is 7.05. The molecule has 1 amide bonds. The summed E-state index contributed by atoms with van der Waals surface area (Å²) in [6.45, 7) is 0.453. The number of nitrogens with zero attached hydrogens (tertiary/aromatic N) is 2. The molecule has 0 saturated carbocycles. The van der Waals surface area contributed by atoms with E-state index in [2.05, 4.69) is 26.2 Å². The van der Waals surface area contributed by atoms with Crippen LogP contribution in [0.25, 0.3) is 0 Å². The summed E-state index contributed by atoms with van der Waals surface area (Å²) in [6.07, 6.45) is 1.65. The second-order valence-corrected chi connectivity index (χ2v) is 3.54. The van der Waals surface area contributed by atoms with Crippen molar-refractivity contribution in [3.8, 4) is 0 Å². The van der Waals surface area contributed by atoms with Crippen molar-refractivity contribution >= 4 is 33.4 Å². The second-order valence-electron chi connectivity index (χ2n) is 2.45. The van der Waals surface area contributed by atoms with Crippen molar-refractivity contribution in [2.45, 2.75) is 0 Å². The van der Waals surface area contributed by atoms with Crippen molar-refractivity contribution in [3.63, 3.8) is 0 Å². The Morgan fingerprint density at radius 3 is 3.00 bits per heavy atom. The molecule has 0 aromatic carbocycles. The third kappa shape index (κ3) is 2.70. The van der Waals surface area contributed by atoms with Gasteiger partial charge in [0.25, 0.3) is 5.91 Å². The Labute approximate surface area is 89.4 Å². The van der Waals surface area contributed by atoms with Crippen LogP contribution in [-0.4, -0.2) is 27.9 Å². The van der Waals surface area contributed by atoms with E-state index in [4.69, 9.17) is 11.6 Å². The van der Waals surface area contributed by atoms with Gasteiger partial charge in [-0.25, -0.2) is 4.98 Å². The standard InChI is InChI=1S/C7H9BrClN3O/c1-12-4-5(11-7(12)8)6(13)10-3-2-9/h4H,2-3H2,1H3,(H,10,13). The van der Waals surface area contributed by atoms with Gasteiger partial charge in [-0.2, -0.15) is 0 Å². The van der Waals surface area contributed by atoms with E-state index in [0.717, 1.165) is 0 Å². The second kappa shape index (κ2) is 4.62. The van der Waals surface area contributed by atoms with E-state index < -0.39 is 0 Å². The van der Waals surface area contributed by atoms with E-state index in [1.807, 2.05) is 0 Å². The Morgan fingerprint density at radius 2 is 2.54 bits per heavy atom. The molecule has 0 unspecified atom stereocenters. The van der Waals surface area contributed by atoms with Crippen LogP contribution in [0.15, 0.2) is 10.9 Å². The molecule has 0 radical (unpaired) electrons. The number of carbonyl (C=O) groups excluding carboxylic acids is 1. The van der Waals surface area contributed by atoms with E-state index in [1.54, 1.807) is 17.8 Å². The molecule has 13 heavy (non-hydrogen) atoms. The minimum atomic E-state index is -0.207. The quantitative estimate of drug-likeness (QED) is 0.834. The minimum Gasteiger partial charge on any atom is -0.349 e. The third-order valence-corrected chi connectivity index (χ3v) is 2.36. The van der Waals surface area contributed by atoms with Crippen LogP contribution in [0.1, 0.15) is 10.5 Å². The average Bonchev–Trinajstić information content (AvgIpc) is 2.43. The Kier molecular flexibility index (Phi) is 3.74. The van der Waals surface area contributed by atoms with Gasteiger partial charge in [-0.05, 0) is 15.9 Å². The normalized spacial score (nSPS) is 10.1. The fourth-order valence-corrected chi connectivity index (χ4v) is 1.19. The summed E-state index contributed by atoms with van der Waals surface area (Å²) in [7, 11) is 1.80. The zero-order valence-corrected chi connectivity index (χ0v) is 9.39. The molecule has 1 rings (SSSR count). The third-order valence-electron chi connectivity index (χ3n) is 1.43. The highest BCUT2D eigenvalue weighted by Crippen LogP contribution is 2.07. The summed E-state index contributed by atoms with van der Waals surface area (Å²) in [5.74, 6) is 0.196. The number of carbonyl (C=O) groups is 1. The van der Waals surface area contributed by atoms with Crippen molar-refractivity contribution in [2.75, 3.05) is 12.4 Å². The molecule has 72 valence electrons. The first-order valence-electron chi connectivity index (χ1n) is 3.68. The largest absolute Gasteiger partial charge is 0.349 e. The molecule has 1 N–H and O–H groups in total. The highest BCUT2D eigenvalue weighted by molar-refractivity contribution is 9.10. The van der Waals surface area contributed by atoms with Gasteiger partial charge in [-0.3, -0.25) is 4.79 Å². The first-order chi connectivity index (χ1) is 6.15. The highest BCUT2D eigenvalue weighted by Gasteiger charge is 2.09. The minimum absolute atomic E-state index is 0.207. The molecule has 6 heteroatoms. The van der Waals surface area contributed by atoms with Crippen LogP contribution in [0.2, 0.25) is 0 Å². The van der Waals surface area contributed by atoms with Crippen molar-refractivity contribution < 1.29 is 4.79 Å². The number of rotatable bonds is 3. The number of alkyl halides is 1. The van der Waals surface area contributed by atoms with Gasteiger partial charge in [0.05, 0.1) is 0 Å². The lowest BCUT2D eigenvalue weighted by Crippen LogP contribution is -2.25. The monoisotopic (exact) mass is 265 g/mol. The summed E-state index contributed by atoms with van der Waals surface area (Å²) in [4.78, 5) is 15.3. The molecule has 1 aromatic rings. The Morgan fingerprint density at radius 1 is 1.85 bits per heavy atom. The maximum atomic E-state index is 11.3. The fraction of sp³-hybridized carbons (Fsp3) is 0.429. The molecule has 4 nitrogen and oxygen atoms in total. The van der Waals surface area contributed by atoms with Gasteiger partial charge < -0.3 is 9.88 Å². The number of halogens is 2. The van der Waals surface area contributed by atoms with Crippen molar-refractivity contribution in [1.29, 1.82) is 0 Å². The van der Waals surface area contributed by atoms with Gasteiger partial charge in [0, 0.05) is 25.7 Å². The number of amides is 1. The first-order valence-corrected chi connectivity index (χ1v) is 5.01. The summed E-state index contributed by atoms with van der Waals surface area (Å²) < 4.78 is 2.35. The summed E-state index contributed by atoms with van der Waals surface area (Å²) in [5, 5.41) is 2.62. The van der Waals surface area contributed by atoms with Crippen LogP contribution in [-0.2, 0) is 7.05 Å². The molecule has 0 bridgehead atoms. The predicted molar refractivity (Wildman–Crippen MR) is 54.0 cm³/mol. The lowest BCUT2D eigenvalue weighted by molar-refractivity contribution is 0.0951. The smallest absolute Gasteiger partial charge is 0.271 e. The maximum Gasteiger partial charge on any atom is 0.271 e. The molecule has 1 aromatic heterocycles. The molecule has 0 aliphatic carbocycles. The summed E-state index contributed by atoms with van der Waals surface area (Å²) in [5.41, 5.74) is 0.388. The Balaban J connectivity index is 2.66. The topological polar surface area (TPSA) is 46.9 Å².